The molecule has 0 spiro atoms. The molecule has 1 N–H and O–H groups in total. The van der Waals surface area contributed by atoms with E-state index in [9.17, 15) is 4.79 Å². The van der Waals surface area contributed by atoms with Crippen LogP contribution in [0.3, 0.4) is 0 Å². The highest BCUT2D eigenvalue weighted by molar-refractivity contribution is 5.85. The molecular weight excluding hydrogens is 266 g/mol. The summed E-state index contributed by atoms with van der Waals surface area (Å²) in [6, 6.07) is -0.0218. The van der Waals surface area contributed by atoms with E-state index in [1.54, 1.807) is 17.2 Å². The first-order valence-electron chi connectivity index (χ1n) is 7.27. The van der Waals surface area contributed by atoms with Gasteiger partial charge in [-0.2, -0.15) is 5.10 Å². The molecule has 1 aliphatic carbocycles. The Morgan fingerprint density at radius 1 is 1.52 bits per heavy atom. The SMILES string of the molecule is Cc1nn(C)cc1C(C)NC(=O)C1(Cn2ccnc2)CC1. The van der Waals surface area contributed by atoms with Gasteiger partial charge in [-0.05, 0) is 26.7 Å². The first kappa shape index (κ1) is 13.9. The van der Waals surface area contributed by atoms with Crippen molar-refractivity contribution in [1.82, 2.24) is 24.6 Å². The molecule has 6 nitrogen and oxygen atoms in total. The molecule has 0 aliphatic heterocycles. The van der Waals surface area contributed by atoms with E-state index in [4.69, 9.17) is 0 Å². The Bertz CT molecular complexity index is 639. The largest absolute Gasteiger partial charge is 0.349 e. The average Bonchev–Trinajstić information content (AvgIpc) is 2.86. The molecule has 0 saturated heterocycles. The Balaban J connectivity index is 1.67. The van der Waals surface area contributed by atoms with Crippen molar-refractivity contribution in [2.75, 3.05) is 0 Å². The summed E-state index contributed by atoms with van der Waals surface area (Å²) in [6.07, 6.45) is 9.26. The highest BCUT2D eigenvalue weighted by Gasteiger charge is 2.50. The summed E-state index contributed by atoms with van der Waals surface area (Å²) in [4.78, 5) is 16.6. The molecule has 21 heavy (non-hydrogen) atoms. The highest BCUT2D eigenvalue weighted by Crippen LogP contribution is 2.47. The van der Waals surface area contributed by atoms with Crippen LogP contribution in [0.25, 0.3) is 0 Å². The minimum atomic E-state index is -0.259. The van der Waals surface area contributed by atoms with Gasteiger partial charge in [-0.15, -0.1) is 0 Å². The smallest absolute Gasteiger partial charge is 0.228 e. The van der Waals surface area contributed by atoms with Crippen LogP contribution in [0.15, 0.2) is 24.9 Å². The number of hydrogen-bond donors (Lipinski definition) is 1. The summed E-state index contributed by atoms with van der Waals surface area (Å²) in [6.45, 7) is 4.68. The predicted octanol–water partition coefficient (Wildman–Crippen LogP) is 1.58. The standard InChI is InChI=1S/C15H21N5O/c1-11(13-8-19(3)18-12(13)2)17-14(21)15(4-5-15)9-20-7-6-16-10-20/h6-8,10-11H,4-5,9H2,1-3H3,(H,17,21). The van der Waals surface area contributed by atoms with E-state index in [0.29, 0.717) is 6.54 Å². The van der Waals surface area contributed by atoms with E-state index in [1.165, 1.54) is 0 Å². The maximum absolute atomic E-state index is 12.6. The van der Waals surface area contributed by atoms with Crippen LogP contribution in [0.5, 0.6) is 0 Å². The maximum Gasteiger partial charge on any atom is 0.228 e. The summed E-state index contributed by atoms with van der Waals surface area (Å²) >= 11 is 0. The lowest BCUT2D eigenvalue weighted by molar-refractivity contribution is -0.127. The average molecular weight is 287 g/mol. The number of aryl methyl sites for hydroxylation is 2. The predicted molar refractivity (Wildman–Crippen MR) is 78.4 cm³/mol. The molecule has 1 atom stereocenters. The van der Waals surface area contributed by atoms with Crippen molar-refractivity contribution in [2.24, 2.45) is 12.5 Å². The van der Waals surface area contributed by atoms with Gasteiger partial charge < -0.3 is 9.88 Å². The van der Waals surface area contributed by atoms with Gasteiger partial charge in [-0.25, -0.2) is 4.98 Å². The number of aromatic nitrogens is 4. The number of carbonyl (C=O) groups is 1. The lowest BCUT2D eigenvalue weighted by Crippen LogP contribution is -2.36. The second kappa shape index (κ2) is 5.02. The van der Waals surface area contributed by atoms with Crippen molar-refractivity contribution in [2.45, 2.75) is 39.3 Å². The van der Waals surface area contributed by atoms with E-state index < -0.39 is 0 Å². The van der Waals surface area contributed by atoms with Crippen LogP contribution in [0.2, 0.25) is 0 Å². The first-order valence-corrected chi connectivity index (χ1v) is 7.27. The molecule has 112 valence electrons. The third-order valence-electron chi connectivity index (χ3n) is 4.25. The van der Waals surface area contributed by atoms with Crippen molar-refractivity contribution in [3.63, 3.8) is 0 Å². The Morgan fingerprint density at radius 2 is 2.29 bits per heavy atom. The second-order valence-electron chi connectivity index (χ2n) is 6.05. The van der Waals surface area contributed by atoms with Gasteiger partial charge in [0.15, 0.2) is 0 Å². The molecule has 6 heteroatoms. The molecule has 0 radical (unpaired) electrons. The Labute approximate surface area is 124 Å². The Hall–Kier alpha value is -2.11. The maximum atomic E-state index is 12.6. The van der Waals surface area contributed by atoms with Crippen LogP contribution in [0.4, 0.5) is 0 Å². The first-order chi connectivity index (χ1) is 10.00. The molecule has 1 aliphatic rings. The van der Waals surface area contributed by atoms with Crippen LogP contribution in [-0.4, -0.2) is 25.2 Å². The number of rotatable bonds is 5. The number of amides is 1. The van der Waals surface area contributed by atoms with Crippen molar-refractivity contribution in [3.05, 3.63) is 36.2 Å². The fraction of sp³-hybridized carbons (Fsp3) is 0.533. The van der Waals surface area contributed by atoms with Gasteiger partial charge in [0.05, 0.1) is 23.5 Å². The molecule has 3 rings (SSSR count). The van der Waals surface area contributed by atoms with E-state index >= 15 is 0 Å². The van der Waals surface area contributed by atoms with E-state index in [1.807, 2.05) is 37.9 Å². The van der Waals surface area contributed by atoms with Crippen molar-refractivity contribution < 1.29 is 4.79 Å². The molecule has 2 aromatic heterocycles. The Kier molecular flexibility index (Phi) is 3.31. The van der Waals surface area contributed by atoms with Crippen molar-refractivity contribution in [3.8, 4) is 0 Å². The molecule has 1 amide bonds. The molecule has 2 heterocycles. The minimum Gasteiger partial charge on any atom is -0.349 e. The van der Waals surface area contributed by atoms with Crippen LogP contribution in [0, 0.1) is 12.3 Å². The van der Waals surface area contributed by atoms with Gasteiger partial charge in [0.2, 0.25) is 5.91 Å². The van der Waals surface area contributed by atoms with Gasteiger partial charge in [0.1, 0.15) is 0 Å². The normalized spacial score (nSPS) is 17.5. The zero-order valence-corrected chi connectivity index (χ0v) is 12.7. The zero-order chi connectivity index (χ0) is 15.0. The third kappa shape index (κ3) is 2.70. The van der Waals surface area contributed by atoms with E-state index in [0.717, 1.165) is 24.1 Å². The third-order valence-corrected chi connectivity index (χ3v) is 4.25. The lowest BCUT2D eigenvalue weighted by atomic mass is 10.0. The van der Waals surface area contributed by atoms with Gasteiger partial charge >= 0.3 is 0 Å². The molecule has 2 aromatic rings. The van der Waals surface area contributed by atoms with Crippen molar-refractivity contribution in [1.29, 1.82) is 0 Å². The minimum absolute atomic E-state index is 0.0218. The Morgan fingerprint density at radius 3 is 2.81 bits per heavy atom. The number of nitrogens with one attached hydrogen (secondary N) is 1. The molecule has 1 saturated carbocycles. The summed E-state index contributed by atoms with van der Waals surface area (Å²) in [7, 11) is 1.90. The molecular formula is C15H21N5O. The van der Waals surface area contributed by atoms with E-state index in [-0.39, 0.29) is 17.4 Å². The number of carbonyl (C=O) groups excluding carboxylic acids is 1. The summed E-state index contributed by atoms with van der Waals surface area (Å²) < 4.78 is 3.76. The van der Waals surface area contributed by atoms with Gasteiger partial charge in [0, 0.05) is 37.7 Å². The van der Waals surface area contributed by atoms with E-state index in [2.05, 4.69) is 15.4 Å². The fourth-order valence-corrected chi connectivity index (χ4v) is 2.81. The van der Waals surface area contributed by atoms with Crippen LogP contribution < -0.4 is 5.32 Å². The van der Waals surface area contributed by atoms with Crippen LogP contribution in [-0.2, 0) is 18.4 Å². The second-order valence-corrected chi connectivity index (χ2v) is 6.05. The number of hydrogen-bond acceptors (Lipinski definition) is 3. The number of imidazole rings is 1. The van der Waals surface area contributed by atoms with Crippen molar-refractivity contribution >= 4 is 5.91 Å². The zero-order valence-electron chi connectivity index (χ0n) is 12.7. The molecule has 1 fully saturated rings. The lowest BCUT2D eigenvalue weighted by Gasteiger charge is -2.19. The molecule has 0 bridgehead atoms. The highest BCUT2D eigenvalue weighted by atomic mass is 16.2. The topological polar surface area (TPSA) is 64.7 Å². The monoisotopic (exact) mass is 287 g/mol. The van der Waals surface area contributed by atoms with Gasteiger partial charge in [-0.1, -0.05) is 0 Å². The summed E-state index contributed by atoms with van der Waals surface area (Å²) in [5.41, 5.74) is 1.78. The molecule has 1 unspecified atom stereocenters. The van der Waals surface area contributed by atoms with Crippen LogP contribution in [0.1, 0.15) is 37.1 Å². The summed E-state index contributed by atoms with van der Waals surface area (Å²) in [5.74, 6) is 0.131. The number of nitrogens with zero attached hydrogens (tertiary/aromatic N) is 4. The fourth-order valence-electron chi connectivity index (χ4n) is 2.81. The summed E-state index contributed by atoms with van der Waals surface area (Å²) in [5, 5.41) is 7.47. The quantitative estimate of drug-likeness (QED) is 0.908. The van der Waals surface area contributed by atoms with Gasteiger partial charge in [-0.3, -0.25) is 9.48 Å². The molecule has 0 aromatic carbocycles. The van der Waals surface area contributed by atoms with Crippen LogP contribution >= 0.6 is 0 Å². The van der Waals surface area contributed by atoms with Gasteiger partial charge in [0.25, 0.3) is 0 Å².